The summed E-state index contributed by atoms with van der Waals surface area (Å²) >= 11 is 1.08. The Kier molecular flexibility index (Phi) is 6.40. The fourth-order valence-electron chi connectivity index (χ4n) is 1.65. The second-order valence-corrected chi connectivity index (χ2v) is 13.8. The monoisotopic (exact) mass is 349 g/mol. The fraction of sp³-hybridized carbons (Fsp3) is 0.933. The van der Waals surface area contributed by atoms with Gasteiger partial charge in [-0.25, -0.2) is 9.10 Å². The van der Waals surface area contributed by atoms with Crippen molar-refractivity contribution in [1.29, 1.82) is 0 Å². The lowest BCUT2D eigenvalue weighted by atomic mass is 10.2. The highest BCUT2D eigenvalue weighted by molar-refractivity contribution is 7.93. The van der Waals surface area contributed by atoms with Gasteiger partial charge in [0.1, 0.15) is 17.8 Å². The van der Waals surface area contributed by atoms with E-state index in [1.807, 2.05) is 20.8 Å². The van der Waals surface area contributed by atoms with Gasteiger partial charge in [0.15, 0.2) is 8.32 Å². The second kappa shape index (κ2) is 7.11. The number of rotatable bonds is 4. The standard InChI is InChI=1S/C15H31NO4SSi/c1-14(2,3)20-13(17)16-12(11-18-21-16)9-10-19-22(7,8)15(4,5)6/h12H,9-11H2,1-8H3/t12-/m0/s1. The highest BCUT2D eigenvalue weighted by Gasteiger charge is 2.38. The molecule has 5 nitrogen and oxygen atoms in total. The lowest BCUT2D eigenvalue weighted by Crippen LogP contribution is -2.42. The van der Waals surface area contributed by atoms with Gasteiger partial charge in [0.25, 0.3) is 0 Å². The van der Waals surface area contributed by atoms with E-state index in [1.165, 1.54) is 0 Å². The third kappa shape index (κ3) is 5.75. The Morgan fingerprint density at radius 1 is 1.27 bits per heavy atom. The second-order valence-electron chi connectivity index (χ2n) is 8.22. The Hall–Kier alpha value is -0.243. The van der Waals surface area contributed by atoms with Crippen LogP contribution >= 0.6 is 12.2 Å². The van der Waals surface area contributed by atoms with Gasteiger partial charge in [-0.2, -0.15) is 0 Å². The molecule has 0 aliphatic carbocycles. The molecule has 7 heteroatoms. The molecule has 0 bridgehead atoms. The first-order valence-electron chi connectivity index (χ1n) is 7.79. The molecule has 0 aromatic carbocycles. The summed E-state index contributed by atoms with van der Waals surface area (Å²) in [6, 6.07) is 0.00428. The molecule has 0 unspecified atom stereocenters. The maximum atomic E-state index is 12.2. The minimum Gasteiger partial charge on any atom is -0.443 e. The van der Waals surface area contributed by atoms with Gasteiger partial charge in [-0.3, -0.25) is 4.18 Å². The molecule has 0 aromatic heterocycles. The topological polar surface area (TPSA) is 48.0 Å². The summed E-state index contributed by atoms with van der Waals surface area (Å²) in [5, 5.41) is 0.193. The van der Waals surface area contributed by atoms with Crippen LogP contribution in [0.3, 0.4) is 0 Å². The van der Waals surface area contributed by atoms with Crippen molar-refractivity contribution in [3.63, 3.8) is 0 Å². The molecule has 1 aliphatic heterocycles. The van der Waals surface area contributed by atoms with Crippen LogP contribution in [0.5, 0.6) is 0 Å². The highest BCUT2D eigenvalue weighted by atomic mass is 32.2. The average Bonchev–Trinajstić information content (AvgIpc) is 2.73. The predicted octanol–water partition coefficient (Wildman–Crippen LogP) is 4.60. The van der Waals surface area contributed by atoms with E-state index in [0.717, 1.165) is 18.6 Å². The minimum absolute atomic E-state index is 0.00428. The zero-order chi connectivity index (χ0) is 17.2. The van der Waals surface area contributed by atoms with Crippen molar-refractivity contribution >= 4 is 26.6 Å². The van der Waals surface area contributed by atoms with E-state index in [-0.39, 0.29) is 17.2 Å². The number of hydrogen-bond acceptors (Lipinski definition) is 5. The quantitative estimate of drug-likeness (QED) is 0.422. The SMILES string of the molecule is CC(C)(C)OC(=O)N1SOC[C@@H]1CCO[Si](C)(C)C(C)(C)C. The number of amides is 1. The fourth-order valence-corrected chi connectivity index (χ4v) is 3.43. The van der Waals surface area contributed by atoms with Crippen LogP contribution in [-0.2, 0) is 13.3 Å². The number of hydrogen-bond donors (Lipinski definition) is 0. The number of ether oxygens (including phenoxy) is 1. The molecule has 1 amide bonds. The molecule has 0 spiro atoms. The van der Waals surface area contributed by atoms with E-state index >= 15 is 0 Å². The summed E-state index contributed by atoms with van der Waals surface area (Å²) in [7, 11) is -1.75. The zero-order valence-electron chi connectivity index (χ0n) is 15.2. The Bertz CT molecular complexity index is 390. The lowest BCUT2D eigenvalue weighted by molar-refractivity contribution is 0.0356. The van der Waals surface area contributed by atoms with Crippen LogP contribution in [-0.4, -0.2) is 43.6 Å². The summed E-state index contributed by atoms with van der Waals surface area (Å²) in [5.41, 5.74) is -0.498. The van der Waals surface area contributed by atoms with Gasteiger partial charge < -0.3 is 9.16 Å². The molecule has 0 radical (unpaired) electrons. The van der Waals surface area contributed by atoms with Crippen LogP contribution in [0.1, 0.15) is 48.0 Å². The molecular formula is C15H31NO4SSi. The number of nitrogens with zero attached hydrogens (tertiary/aromatic N) is 1. The zero-order valence-corrected chi connectivity index (χ0v) is 17.0. The molecule has 1 rings (SSSR count). The van der Waals surface area contributed by atoms with Gasteiger partial charge in [0.2, 0.25) is 0 Å². The Labute approximate surface area is 140 Å². The number of carbonyl (C=O) groups is 1. The van der Waals surface area contributed by atoms with Crippen molar-refractivity contribution in [1.82, 2.24) is 4.31 Å². The Balaban J connectivity index is 2.50. The summed E-state index contributed by atoms with van der Waals surface area (Å²) in [6.45, 7) is 17.9. The largest absolute Gasteiger partial charge is 0.443 e. The van der Waals surface area contributed by atoms with E-state index < -0.39 is 13.9 Å². The highest BCUT2D eigenvalue weighted by Crippen LogP contribution is 2.37. The van der Waals surface area contributed by atoms with Crippen molar-refractivity contribution < 1.29 is 18.1 Å². The van der Waals surface area contributed by atoms with E-state index in [2.05, 4.69) is 33.9 Å². The third-order valence-electron chi connectivity index (χ3n) is 4.02. The first-order chi connectivity index (χ1) is 9.83. The third-order valence-corrected chi connectivity index (χ3v) is 9.41. The molecule has 1 heterocycles. The van der Waals surface area contributed by atoms with Crippen LogP contribution in [0.15, 0.2) is 0 Å². The molecule has 1 aliphatic rings. The molecule has 0 saturated carbocycles. The van der Waals surface area contributed by atoms with Gasteiger partial charge in [0, 0.05) is 6.61 Å². The van der Waals surface area contributed by atoms with E-state index in [1.54, 1.807) is 4.31 Å². The number of carbonyl (C=O) groups excluding carboxylic acids is 1. The normalized spacial score (nSPS) is 20.4. The van der Waals surface area contributed by atoms with Crippen LogP contribution in [0.25, 0.3) is 0 Å². The van der Waals surface area contributed by atoms with Crippen molar-refractivity contribution in [3.05, 3.63) is 0 Å². The molecule has 22 heavy (non-hydrogen) atoms. The van der Waals surface area contributed by atoms with Gasteiger partial charge >= 0.3 is 6.09 Å². The van der Waals surface area contributed by atoms with Crippen molar-refractivity contribution in [2.24, 2.45) is 0 Å². The smallest absolute Gasteiger partial charge is 0.422 e. The minimum atomic E-state index is -1.75. The van der Waals surface area contributed by atoms with Crippen molar-refractivity contribution in [2.75, 3.05) is 13.2 Å². The molecule has 130 valence electrons. The van der Waals surface area contributed by atoms with Crippen LogP contribution in [0.4, 0.5) is 4.79 Å². The van der Waals surface area contributed by atoms with E-state index in [9.17, 15) is 4.79 Å². The van der Waals surface area contributed by atoms with Crippen molar-refractivity contribution in [3.8, 4) is 0 Å². The lowest BCUT2D eigenvalue weighted by Gasteiger charge is -2.36. The average molecular weight is 350 g/mol. The first kappa shape index (κ1) is 19.8. The summed E-state index contributed by atoms with van der Waals surface area (Å²) < 4.78 is 18.5. The van der Waals surface area contributed by atoms with Gasteiger partial charge in [0.05, 0.1) is 12.6 Å². The van der Waals surface area contributed by atoms with Crippen LogP contribution < -0.4 is 0 Å². The summed E-state index contributed by atoms with van der Waals surface area (Å²) in [4.78, 5) is 12.2. The van der Waals surface area contributed by atoms with Gasteiger partial charge in [-0.15, -0.1) is 0 Å². The Morgan fingerprint density at radius 2 is 1.86 bits per heavy atom. The summed E-state index contributed by atoms with van der Waals surface area (Å²) in [5.74, 6) is 0. The van der Waals surface area contributed by atoms with Gasteiger partial charge in [-0.1, -0.05) is 20.8 Å². The van der Waals surface area contributed by atoms with E-state index in [0.29, 0.717) is 13.2 Å². The van der Waals surface area contributed by atoms with Crippen LogP contribution in [0, 0.1) is 0 Å². The molecule has 1 saturated heterocycles. The maximum absolute atomic E-state index is 12.2. The maximum Gasteiger partial charge on any atom is 0.422 e. The molecule has 1 fully saturated rings. The molecule has 1 atom stereocenters. The predicted molar refractivity (Wildman–Crippen MR) is 93.2 cm³/mol. The molecular weight excluding hydrogens is 318 g/mol. The first-order valence-corrected chi connectivity index (χ1v) is 11.4. The molecule has 0 aromatic rings. The summed E-state index contributed by atoms with van der Waals surface area (Å²) in [6.07, 6.45) is 0.422. The van der Waals surface area contributed by atoms with Gasteiger partial charge in [-0.05, 0) is 45.3 Å². The van der Waals surface area contributed by atoms with E-state index in [4.69, 9.17) is 13.3 Å². The van der Waals surface area contributed by atoms with Crippen molar-refractivity contribution in [2.45, 2.75) is 77.7 Å². The Morgan fingerprint density at radius 3 is 2.36 bits per heavy atom. The molecule has 0 N–H and O–H groups in total. The van der Waals surface area contributed by atoms with Crippen LogP contribution in [0.2, 0.25) is 18.1 Å².